The van der Waals surface area contributed by atoms with Crippen molar-refractivity contribution in [3.63, 3.8) is 0 Å². The van der Waals surface area contributed by atoms with Crippen molar-refractivity contribution in [2.45, 2.75) is 33.7 Å². The number of carbonyl (C=O) groups is 2. The first-order valence-electron chi connectivity index (χ1n) is 6.70. The largest absolute Gasteiger partial charge is 0.352 e. The van der Waals surface area contributed by atoms with Crippen molar-refractivity contribution in [3.05, 3.63) is 29.8 Å². The molecular formula is C15H23N3O2. The van der Waals surface area contributed by atoms with Gasteiger partial charge in [0.05, 0.1) is 6.04 Å². The summed E-state index contributed by atoms with van der Waals surface area (Å²) in [5.41, 5.74) is 6.77. The van der Waals surface area contributed by atoms with Gasteiger partial charge in [-0.25, -0.2) is 0 Å². The van der Waals surface area contributed by atoms with Crippen LogP contribution < -0.4 is 16.4 Å². The Hall–Kier alpha value is -1.88. The van der Waals surface area contributed by atoms with E-state index in [1.54, 1.807) is 24.3 Å². The lowest BCUT2D eigenvalue weighted by Gasteiger charge is -2.25. The van der Waals surface area contributed by atoms with E-state index in [9.17, 15) is 9.59 Å². The molecule has 5 nitrogen and oxygen atoms in total. The molecule has 0 aromatic heterocycles. The molecule has 0 bridgehead atoms. The third-order valence-corrected chi connectivity index (χ3v) is 2.97. The zero-order valence-corrected chi connectivity index (χ0v) is 12.5. The van der Waals surface area contributed by atoms with Crippen LogP contribution in [0.2, 0.25) is 0 Å². The fraction of sp³-hybridized carbons (Fsp3) is 0.467. The van der Waals surface area contributed by atoms with Crippen molar-refractivity contribution < 1.29 is 9.59 Å². The van der Waals surface area contributed by atoms with Crippen molar-refractivity contribution in [2.75, 3.05) is 11.9 Å². The van der Waals surface area contributed by atoms with Crippen LogP contribution in [0, 0.1) is 5.41 Å². The molecular weight excluding hydrogens is 254 g/mol. The lowest BCUT2D eigenvalue weighted by Crippen LogP contribution is -2.45. The van der Waals surface area contributed by atoms with Crippen LogP contribution >= 0.6 is 0 Å². The molecule has 5 heteroatoms. The topological polar surface area (TPSA) is 84.2 Å². The summed E-state index contributed by atoms with van der Waals surface area (Å²) < 4.78 is 0. The Bertz CT molecular complexity index is 475. The second-order valence-electron chi connectivity index (χ2n) is 5.77. The van der Waals surface area contributed by atoms with Gasteiger partial charge in [0.15, 0.2) is 0 Å². The first kappa shape index (κ1) is 16.2. The Labute approximate surface area is 119 Å². The van der Waals surface area contributed by atoms with Crippen molar-refractivity contribution in [1.29, 1.82) is 0 Å². The molecule has 0 aliphatic rings. The van der Waals surface area contributed by atoms with E-state index in [0.29, 0.717) is 17.8 Å². The van der Waals surface area contributed by atoms with Gasteiger partial charge in [-0.1, -0.05) is 20.8 Å². The number of benzene rings is 1. The monoisotopic (exact) mass is 277 g/mol. The highest BCUT2D eigenvalue weighted by atomic mass is 16.2. The molecule has 0 saturated carbocycles. The number of hydrogen-bond acceptors (Lipinski definition) is 3. The van der Waals surface area contributed by atoms with E-state index in [1.165, 1.54) is 0 Å². The molecule has 20 heavy (non-hydrogen) atoms. The molecule has 4 N–H and O–H groups in total. The maximum atomic E-state index is 12.0. The standard InChI is InChI=1S/C15H23N3O2/c1-5-17-13(19)10-6-8-11(9-7-10)18-14(20)12(16)15(2,3)4/h6-9,12H,5,16H2,1-4H3,(H,17,19)(H,18,20). The maximum Gasteiger partial charge on any atom is 0.251 e. The minimum absolute atomic E-state index is 0.128. The van der Waals surface area contributed by atoms with Crippen LogP contribution in [0.5, 0.6) is 0 Å². The van der Waals surface area contributed by atoms with Crippen molar-refractivity contribution in [2.24, 2.45) is 11.1 Å². The van der Waals surface area contributed by atoms with Crippen molar-refractivity contribution in [1.82, 2.24) is 5.32 Å². The van der Waals surface area contributed by atoms with Gasteiger partial charge in [0.2, 0.25) is 5.91 Å². The van der Waals surface area contributed by atoms with Gasteiger partial charge in [-0.15, -0.1) is 0 Å². The van der Waals surface area contributed by atoms with Crippen LogP contribution in [0.15, 0.2) is 24.3 Å². The molecule has 0 fully saturated rings. The summed E-state index contributed by atoms with van der Waals surface area (Å²) in [6.45, 7) is 8.18. The molecule has 0 spiro atoms. The van der Waals surface area contributed by atoms with Gasteiger partial charge in [-0.05, 0) is 36.6 Å². The van der Waals surface area contributed by atoms with Gasteiger partial charge in [-0.2, -0.15) is 0 Å². The molecule has 0 aliphatic carbocycles. The van der Waals surface area contributed by atoms with Gasteiger partial charge in [-0.3, -0.25) is 9.59 Å². The molecule has 1 aromatic carbocycles. The van der Waals surface area contributed by atoms with Crippen LogP contribution in [0.4, 0.5) is 5.69 Å². The van der Waals surface area contributed by atoms with E-state index in [0.717, 1.165) is 0 Å². The molecule has 0 aliphatic heterocycles. The summed E-state index contributed by atoms with van der Waals surface area (Å²) in [7, 11) is 0. The van der Waals surface area contributed by atoms with E-state index in [1.807, 2.05) is 27.7 Å². The molecule has 0 saturated heterocycles. The highest BCUT2D eigenvalue weighted by molar-refractivity contribution is 5.97. The number of nitrogens with two attached hydrogens (primary N) is 1. The van der Waals surface area contributed by atoms with E-state index < -0.39 is 6.04 Å². The van der Waals surface area contributed by atoms with Crippen LogP contribution in [-0.4, -0.2) is 24.4 Å². The summed E-state index contributed by atoms with van der Waals surface area (Å²) in [4.78, 5) is 23.6. The quantitative estimate of drug-likeness (QED) is 0.784. The molecule has 2 amide bonds. The third kappa shape index (κ3) is 4.35. The second-order valence-corrected chi connectivity index (χ2v) is 5.77. The van der Waals surface area contributed by atoms with Crippen molar-refractivity contribution in [3.8, 4) is 0 Å². The van der Waals surface area contributed by atoms with Crippen LogP contribution in [0.1, 0.15) is 38.1 Å². The molecule has 0 radical (unpaired) electrons. The Balaban J connectivity index is 2.71. The SMILES string of the molecule is CCNC(=O)c1ccc(NC(=O)C(N)C(C)(C)C)cc1. The van der Waals surface area contributed by atoms with Crippen LogP contribution in [0.25, 0.3) is 0 Å². The smallest absolute Gasteiger partial charge is 0.251 e. The van der Waals surface area contributed by atoms with Crippen LogP contribution in [-0.2, 0) is 4.79 Å². The molecule has 1 unspecified atom stereocenters. The van der Waals surface area contributed by atoms with Gasteiger partial charge in [0, 0.05) is 17.8 Å². The molecule has 1 aromatic rings. The summed E-state index contributed by atoms with van der Waals surface area (Å²) >= 11 is 0. The first-order chi connectivity index (χ1) is 9.25. The average molecular weight is 277 g/mol. The lowest BCUT2D eigenvalue weighted by atomic mass is 9.87. The number of nitrogens with one attached hydrogen (secondary N) is 2. The van der Waals surface area contributed by atoms with Gasteiger partial charge < -0.3 is 16.4 Å². The number of rotatable bonds is 4. The third-order valence-electron chi connectivity index (χ3n) is 2.97. The number of hydrogen-bond donors (Lipinski definition) is 3. The lowest BCUT2D eigenvalue weighted by molar-refractivity contribution is -0.119. The highest BCUT2D eigenvalue weighted by Crippen LogP contribution is 2.19. The first-order valence-corrected chi connectivity index (χ1v) is 6.70. The zero-order chi connectivity index (χ0) is 15.3. The zero-order valence-electron chi connectivity index (χ0n) is 12.5. The molecule has 1 atom stereocenters. The fourth-order valence-corrected chi connectivity index (χ4v) is 1.58. The molecule has 0 heterocycles. The van der Waals surface area contributed by atoms with Crippen molar-refractivity contribution >= 4 is 17.5 Å². The minimum Gasteiger partial charge on any atom is -0.352 e. The maximum absolute atomic E-state index is 12.0. The van der Waals surface area contributed by atoms with E-state index >= 15 is 0 Å². The molecule has 1 rings (SSSR count). The van der Waals surface area contributed by atoms with E-state index in [2.05, 4.69) is 10.6 Å². The van der Waals surface area contributed by atoms with Gasteiger partial charge >= 0.3 is 0 Å². The summed E-state index contributed by atoms with van der Waals surface area (Å²) in [6, 6.07) is 6.13. The van der Waals surface area contributed by atoms with E-state index in [-0.39, 0.29) is 17.2 Å². The van der Waals surface area contributed by atoms with E-state index in [4.69, 9.17) is 5.73 Å². The Morgan fingerprint density at radius 1 is 1.20 bits per heavy atom. The average Bonchev–Trinajstić information content (AvgIpc) is 2.37. The predicted molar refractivity (Wildman–Crippen MR) is 80.5 cm³/mol. The summed E-state index contributed by atoms with van der Waals surface area (Å²) in [6.07, 6.45) is 0. The summed E-state index contributed by atoms with van der Waals surface area (Å²) in [5.74, 6) is -0.361. The Kier molecular flexibility index (Phi) is 5.27. The predicted octanol–water partition coefficient (Wildman–Crippen LogP) is 1.75. The number of anilines is 1. The Morgan fingerprint density at radius 3 is 2.20 bits per heavy atom. The number of carbonyl (C=O) groups excluding carboxylic acids is 2. The van der Waals surface area contributed by atoms with Gasteiger partial charge in [0.1, 0.15) is 0 Å². The Morgan fingerprint density at radius 2 is 1.75 bits per heavy atom. The number of amides is 2. The minimum atomic E-state index is -0.592. The van der Waals surface area contributed by atoms with Gasteiger partial charge in [0.25, 0.3) is 5.91 Å². The fourth-order valence-electron chi connectivity index (χ4n) is 1.58. The summed E-state index contributed by atoms with van der Waals surface area (Å²) in [5, 5.41) is 5.46. The second kappa shape index (κ2) is 6.52. The normalized spacial score (nSPS) is 12.7. The molecule has 110 valence electrons. The van der Waals surface area contributed by atoms with Crippen LogP contribution in [0.3, 0.4) is 0 Å². The highest BCUT2D eigenvalue weighted by Gasteiger charge is 2.27.